The number of ether oxygens (including phenoxy) is 2. The summed E-state index contributed by atoms with van der Waals surface area (Å²) in [5, 5.41) is 6.95. The van der Waals surface area contributed by atoms with Gasteiger partial charge in [0.15, 0.2) is 5.82 Å². The second kappa shape index (κ2) is 6.98. The zero-order valence-corrected chi connectivity index (χ0v) is 16.8. The molecule has 2 bridgehead atoms. The molecule has 1 aromatic carbocycles. The number of methoxy groups -OCH3 is 1. The van der Waals surface area contributed by atoms with E-state index in [2.05, 4.69) is 10.5 Å². The van der Waals surface area contributed by atoms with Crippen molar-refractivity contribution in [3.8, 4) is 5.75 Å². The molecule has 1 aromatic heterocycles. The summed E-state index contributed by atoms with van der Waals surface area (Å²) < 4.78 is 16.4. The Balaban J connectivity index is 1.27. The first-order chi connectivity index (χ1) is 14.5. The first-order valence-electron chi connectivity index (χ1n) is 10.0. The minimum atomic E-state index is -0.771. The molecule has 0 aliphatic carbocycles. The molecule has 2 amide bonds. The highest BCUT2D eigenvalue weighted by Crippen LogP contribution is 2.52. The highest BCUT2D eigenvalue weighted by atomic mass is 16.5. The first-order valence-corrected chi connectivity index (χ1v) is 10.0. The first kappa shape index (κ1) is 18.9. The molecule has 2 aromatic rings. The number of aromatic nitrogens is 1. The van der Waals surface area contributed by atoms with Crippen molar-refractivity contribution in [2.45, 2.75) is 25.0 Å². The van der Waals surface area contributed by atoms with Crippen molar-refractivity contribution >= 4 is 17.6 Å². The molecule has 156 valence electrons. The third kappa shape index (κ3) is 2.90. The van der Waals surface area contributed by atoms with Gasteiger partial charge in [-0.3, -0.25) is 14.5 Å². The molecule has 4 atom stereocenters. The molecule has 1 spiro atoms. The average molecular weight is 409 g/mol. The number of hydrogen-bond donors (Lipinski definition) is 1. The molecule has 0 saturated carbocycles. The molecule has 30 heavy (non-hydrogen) atoms. The Morgan fingerprint density at radius 2 is 2.17 bits per heavy atom. The van der Waals surface area contributed by atoms with Gasteiger partial charge in [-0.25, -0.2) is 0 Å². The molecule has 8 nitrogen and oxygen atoms in total. The van der Waals surface area contributed by atoms with E-state index in [-0.39, 0.29) is 17.9 Å². The van der Waals surface area contributed by atoms with Gasteiger partial charge in [0.1, 0.15) is 17.1 Å². The van der Waals surface area contributed by atoms with E-state index in [1.165, 1.54) is 0 Å². The number of anilines is 1. The lowest BCUT2D eigenvalue weighted by atomic mass is 9.77. The fraction of sp³-hybridized carbons (Fsp3) is 0.409. The molecule has 2 fully saturated rings. The SMILES string of the molecule is COc1ccc(CCNC(=O)C2C3C=C[C@@]4(CN(c5cc(C)on5)C(=O)C24)O3)cc1. The topological polar surface area (TPSA) is 93.9 Å². The minimum absolute atomic E-state index is 0.148. The van der Waals surface area contributed by atoms with Gasteiger partial charge in [-0.05, 0) is 31.0 Å². The van der Waals surface area contributed by atoms with Gasteiger partial charge in [0, 0.05) is 12.6 Å². The molecule has 2 saturated heterocycles. The number of amides is 2. The van der Waals surface area contributed by atoms with E-state index in [0.717, 1.165) is 11.3 Å². The van der Waals surface area contributed by atoms with E-state index in [1.807, 2.05) is 36.4 Å². The Morgan fingerprint density at radius 1 is 1.37 bits per heavy atom. The van der Waals surface area contributed by atoms with E-state index in [4.69, 9.17) is 14.0 Å². The summed E-state index contributed by atoms with van der Waals surface area (Å²) in [6.07, 6.45) is 4.14. The Bertz CT molecular complexity index is 1010. The maximum Gasteiger partial charge on any atom is 0.235 e. The van der Waals surface area contributed by atoms with Crippen LogP contribution in [0.5, 0.6) is 5.75 Å². The van der Waals surface area contributed by atoms with E-state index >= 15 is 0 Å². The van der Waals surface area contributed by atoms with Crippen molar-refractivity contribution in [2.24, 2.45) is 11.8 Å². The van der Waals surface area contributed by atoms with Gasteiger partial charge in [0.05, 0.1) is 31.6 Å². The van der Waals surface area contributed by atoms with Crippen LogP contribution in [0.4, 0.5) is 5.82 Å². The van der Waals surface area contributed by atoms with Crippen molar-refractivity contribution in [1.82, 2.24) is 10.5 Å². The number of nitrogens with one attached hydrogen (secondary N) is 1. The third-order valence-corrected chi connectivity index (χ3v) is 6.17. The van der Waals surface area contributed by atoms with Gasteiger partial charge in [0.2, 0.25) is 11.8 Å². The van der Waals surface area contributed by atoms with Crippen LogP contribution < -0.4 is 15.0 Å². The summed E-state index contributed by atoms with van der Waals surface area (Å²) in [6.45, 7) is 2.60. The maximum absolute atomic E-state index is 13.2. The molecule has 3 aliphatic rings. The van der Waals surface area contributed by atoms with Crippen molar-refractivity contribution in [1.29, 1.82) is 0 Å². The molecular weight excluding hydrogens is 386 g/mol. The van der Waals surface area contributed by atoms with Gasteiger partial charge in [-0.15, -0.1) is 0 Å². The lowest BCUT2D eigenvalue weighted by Gasteiger charge is -2.23. The van der Waals surface area contributed by atoms with Crippen molar-refractivity contribution in [3.05, 3.63) is 53.8 Å². The fourth-order valence-corrected chi connectivity index (χ4v) is 4.71. The Hall–Kier alpha value is -3.13. The fourth-order valence-electron chi connectivity index (χ4n) is 4.71. The van der Waals surface area contributed by atoms with Gasteiger partial charge in [0.25, 0.3) is 0 Å². The molecular formula is C22H23N3O5. The van der Waals surface area contributed by atoms with Crippen LogP contribution in [0.1, 0.15) is 11.3 Å². The summed E-state index contributed by atoms with van der Waals surface area (Å²) in [5.41, 5.74) is 0.327. The second-order valence-corrected chi connectivity index (χ2v) is 8.01. The van der Waals surface area contributed by atoms with Gasteiger partial charge < -0.3 is 19.3 Å². The molecule has 8 heteroatoms. The van der Waals surface area contributed by atoms with Crippen molar-refractivity contribution < 1.29 is 23.6 Å². The quantitative estimate of drug-likeness (QED) is 0.729. The largest absolute Gasteiger partial charge is 0.497 e. The van der Waals surface area contributed by atoms with Crippen LogP contribution in [-0.4, -0.2) is 48.9 Å². The predicted molar refractivity (Wildman–Crippen MR) is 107 cm³/mol. The highest BCUT2D eigenvalue weighted by molar-refractivity contribution is 6.02. The van der Waals surface area contributed by atoms with Gasteiger partial charge in [-0.1, -0.05) is 29.4 Å². The molecule has 3 aliphatic heterocycles. The van der Waals surface area contributed by atoms with E-state index in [1.54, 1.807) is 25.0 Å². The number of benzene rings is 1. The molecule has 4 heterocycles. The van der Waals surface area contributed by atoms with Crippen molar-refractivity contribution in [3.63, 3.8) is 0 Å². The van der Waals surface area contributed by atoms with Gasteiger partial charge in [-0.2, -0.15) is 0 Å². The number of aryl methyl sites for hydroxylation is 1. The Labute approximate surface area is 173 Å². The summed E-state index contributed by atoms with van der Waals surface area (Å²) in [4.78, 5) is 27.8. The third-order valence-electron chi connectivity index (χ3n) is 6.17. The zero-order valence-electron chi connectivity index (χ0n) is 16.8. The van der Waals surface area contributed by atoms with Crippen molar-refractivity contribution in [2.75, 3.05) is 25.1 Å². The lowest BCUT2D eigenvalue weighted by Crippen LogP contribution is -2.44. The Kier molecular flexibility index (Phi) is 4.39. The van der Waals surface area contributed by atoms with E-state index < -0.39 is 17.4 Å². The summed E-state index contributed by atoms with van der Waals surface area (Å²) in [6, 6.07) is 9.46. The monoisotopic (exact) mass is 409 g/mol. The van der Waals surface area contributed by atoms with Crippen LogP contribution in [0.2, 0.25) is 0 Å². The number of fused-ring (bicyclic) bond motifs is 1. The van der Waals surface area contributed by atoms with Crippen LogP contribution in [0.3, 0.4) is 0 Å². The molecule has 1 N–H and O–H groups in total. The smallest absolute Gasteiger partial charge is 0.235 e. The van der Waals surface area contributed by atoms with Crippen LogP contribution in [0.15, 0.2) is 47.0 Å². The normalized spacial score (nSPS) is 28.8. The van der Waals surface area contributed by atoms with Crippen LogP contribution >= 0.6 is 0 Å². The number of carbonyl (C=O) groups is 2. The summed E-state index contributed by atoms with van der Waals surface area (Å²) in [7, 11) is 1.63. The Morgan fingerprint density at radius 3 is 2.87 bits per heavy atom. The van der Waals surface area contributed by atoms with E-state index in [0.29, 0.717) is 31.1 Å². The van der Waals surface area contributed by atoms with Crippen LogP contribution in [0, 0.1) is 18.8 Å². The highest BCUT2D eigenvalue weighted by Gasteiger charge is 2.67. The number of carbonyl (C=O) groups excluding carboxylic acids is 2. The molecule has 5 rings (SSSR count). The number of rotatable bonds is 6. The molecule has 3 unspecified atom stereocenters. The lowest BCUT2D eigenvalue weighted by molar-refractivity contribution is -0.131. The molecule has 0 radical (unpaired) electrons. The van der Waals surface area contributed by atoms with E-state index in [9.17, 15) is 9.59 Å². The zero-order chi connectivity index (χ0) is 20.9. The van der Waals surface area contributed by atoms with Crippen LogP contribution in [-0.2, 0) is 20.7 Å². The number of nitrogens with zero attached hydrogens (tertiary/aromatic N) is 2. The second-order valence-electron chi connectivity index (χ2n) is 8.01. The average Bonchev–Trinajstić information content (AvgIpc) is 3.49. The minimum Gasteiger partial charge on any atom is -0.497 e. The number of hydrogen-bond acceptors (Lipinski definition) is 6. The standard InChI is InChI=1S/C22H23N3O5/c1-13-11-17(24-30-13)25-12-22-9-7-16(29-22)18(19(22)21(25)27)20(26)23-10-8-14-3-5-15(28-2)6-4-14/h3-7,9,11,16,18-19H,8,10,12H2,1-2H3,(H,23,26)/t16?,18?,19?,22-/m0/s1. The maximum atomic E-state index is 13.2. The van der Waals surface area contributed by atoms with Crippen LogP contribution in [0.25, 0.3) is 0 Å². The van der Waals surface area contributed by atoms with Gasteiger partial charge >= 0.3 is 0 Å². The summed E-state index contributed by atoms with van der Waals surface area (Å²) in [5.74, 6) is 0.482. The summed E-state index contributed by atoms with van der Waals surface area (Å²) >= 11 is 0. The predicted octanol–water partition coefficient (Wildman–Crippen LogP) is 1.64.